The molecule has 0 amide bonds. The molecule has 4 aliphatic rings. The predicted octanol–water partition coefficient (Wildman–Crippen LogP) is 4.23. The Morgan fingerprint density at radius 3 is 2.37 bits per heavy atom. The Morgan fingerprint density at radius 1 is 1.00 bits per heavy atom. The molecule has 4 saturated carbocycles. The first-order valence-electron chi connectivity index (χ1n) is 8.74. The summed E-state index contributed by atoms with van der Waals surface area (Å²) in [4.78, 5) is 0. The van der Waals surface area contributed by atoms with Crippen molar-refractivity contribution in [2.45, 2.75) is 71.8 Å². The fraction of sp³-hybridized carbons (Fsp3) is 1.00. The zero-order valence-corrected chi connectivity index (χ0v) is 13.0. The van der Waals surface area contributed by atoms with Crippen LogP contribution in [0.4, 0.5) is 0 Å². The van der Waals surface area contributed by atoms with Gasteiger partial charge in [0.25, 0.3) is 0 Å². The molecule has 1 nitrogen and oxygen atoms in total. The van der Waals surface area contributed by atoms with Gasteiger partial charge in [-0.1, -0.05) is 27.2 Å². The van der Waals surface area contributed by atoms with Crippen LogP contribution >= 0.6 is 0 Å². The summed E-state index contributed by atoms with van der Waals surface area (Å²) < 4.78 is 0. The second-order valence-corrected chi connectivity index (χ2v) is 9.01. The van der Waals surface area contributed by atoms with E-state index >= 15 is 0 Å². The molecule has 0 radical (unpaired) electrons. The minimum absolute atomic E-state index is 0.565. The van der Waals surface area contributed by atoms with Gasteiger partial charge in [0.15, 0.2) is 0 Å². The van der Waals surface area contributed by atoms with Crippen LogP contribution in [0.3, 0.4) is 0 Å². The highest BCUT2D eigenvalue weighted by atomic mass is 15.0. The average molecular weight is 261 g/mol. The Bertz CT molecular complexity index is 374. The van der Waals surface area contributed by atoms with Crippen molar-refractivity contribution in [1.82, 2.24) is 5.32 Å². The van der Waals surface area contributed by atoms with Crippen LogP contribution in [0, 0.1) is 34.5 Å². The molecule has 1 N–H and O–H groups in total. The molecular weight excluding hydrogens is 230 g/mol. The van der Waals surface area contributed by atoms with Crippen molar-refractivity contribution in [2.24, 2.45) is 34.5 Å². The van der Waals surface area contributed by atoms with Crippen LogP contribution in [-0.2, 0) is 0 Å². The molecule has 6 unspecified atom stereocenters. The molecular formula is C18H31N. The summed E-state index contributed by atoms with van der Waals surface area (Å²) in [5, 5.41) is 4.04. The summed E-state index contributed by atoms with van der Waals surface area (Å²) in [5.74, 6) is 4.18. The lowest BCUT2D eigenvalue weighted by Gasteiger charge is -2.40. The lowest BCUT2D eigenvalue weighted by molar-refractivity contribution is 0.116. The number of hydrogen-bond acceptors (Lipinski definition) is 1. The van der Waals surface area contributed by atoms with Crippen molar-refractivity contribution in [1.29, 1.82) is 0 Å². The molecule has 1 heteroatoms. The maximum absolute atomic E-state index is 4.04. The third kappa shape index (κ3) is 1.63. The SMILES string of the molecule is CC1(C)C2CCC1(C)C(NCC1CC3CCC1C3)C2. The van der Waals surface area contributed by atoms with Gasteiger partial charge in [-0.3, -0.25) is 0 Å². The highest BCUT2D eigenvalue weighted by Gasteiger charge is 2.61. The van der Waals surface area contributed by atoms with Gasteiger partial charge in [0.1, 0.15) is 0 Å². The van der Waals surface area contributed by atoms with Gasteiger partial charge in [-0.2, -0.15) is 0 Å². The van der Waals surface area contributed by atoms with E-state index < -0.39 is 0 Å². The molecule has 0 aromatic rings. The Labute approximate surface area is 118 Å². The van der Waals surface area contributed by atoms with Crippen LogP contribution in [0.5, 0.6) is 0 Å². The monoisotopic (exact) mass is 261 g/mol. The lowest BCUT2D eigenvalue weighted by atomic mass is 9.69. The Hall–Kier alpha value is -0.0400. The van der Waals surface area contributed by atoms with Crippen molar-refractivity contribution in [2.75, 3.05) is 6.54 Å². The van der Waals surface area contributed by atoms with Crippen molar-refractivity contribution in [3.8, 4) is 0 Å². The molecule has 19 heavy (non-hydrogen) atoms. The number of hydrogen-bond donors (Lipinski definition) is 1. The third-order valence-corrected chi connectivity index (χ3v) is 8.31. The maximum atomic E-state index is 4.04. The number of fused-ring (bicyclic) bond motifs is 4. The van der Waals surface area contributed by atoms with Gasteiger partial charge in [0.2, 0.25) is 0 Å². The summed E-state index contributed by atoms with van der Waals surface area (Å²) in [6.45, 7) is 8.95. The molecule has 0 saturated heterocycles. The Balaban J connectivity index is 1.40. The molecule has 0 aliphatic heterocycles. The van der Waals surface area contributed by atoms with Crippen LogP contribution < -0.4 is 5.32 Å². The Morgan fingerprint density at radius 2 is 1.84 bits per heavy atom. The van der Waals surface area contributed by atoms with Gasteiger partial charge < -0.3 is 5.32 Å². The van der Waals surface area contributed by atoms with Crippen LogP contribution in [0.2, 0.25) is 0 Å². The van der Waals surface area contributed by atoms with E-state index in [1.807, 2.05) is 0 Å². The van der Waals surface area contributed by atoms with Gasteiger partial charge in [0, 0.05) is 6.04 Å². The standard InChI is InChI=1S/C18H31N/c1-17(2)15-6-7-18(17,3)16(10-15)19-11-14-9-12-4-5-13(14)8-12/h12-16,19H,4-11H2,1-3H3. The molecule has 0 heterocycles. The van der Waals surface area contributed by atoms with Gasteiger partial charge in [-0.25, -0.2) is 0 Å². The number of nitrogens with one attached hydrogen (secondary N) is 1. The van der Waals surface area contributed by atoms with Crippen molar-refractivity contribution in [3.63, 3.8) is 0 Å². The van der Waals surface area contributed by atoms with E-state index in [0.29, 0.717) is 10.8 Å². The third-order valence-electron chi connectivity index (χ3n) is 8.31. The molecule has 0 aromatic heterocycles. The summed E-state index contributed by atoms with van der Waals surface area (Å²) in [6.07, 6.45) is 10.6. The molecule has 0 spiro atoms. The first-order valence-corrected chi connectivity index (χ1v) is 8.74. The topological polar surface area (TPSA) is 12.0 Å². The van der Waals surface area contributed by atoms with Gasteiger partial charge >= 0.3 is 0 Å². The van der Waals surface area contributed by atoms with E-state index in [0.717, 1.165) is 29.7 Å². The first kappa shape index (κ1) is 12.7. The van der Waals surface area contributed by atoms with E-state index in [9.17, 15) is 0 Å². The smallest absolute Gasteiger partial charge is 0.0129 e. The normalized spacial score (nSPS) is 54.2. The van der Waals surface area contributed by atoms with Crippen LogP contribution in [0.1, 0.15) is 65.7 Å². The number of rotatable bonds is 3. The maximum Gasteiger partial charge on any atom is 0.0129 e. The van der Waals surface area contributed by atoms with Crippen LogP contribution in [0.15, 0.2) is 0 Å². The fourth-order valence-electron chi connectivity index (χ4n) is 6.43. The molecule has 4 fully saturated rings. The molecule has 108 valence electrons. The summed E-state index contributed by atoms with van der Waals surface area (Å²) in [7, 11) is 0. The van der Waals surface area contributed by atoms with Crippen LogP contribution in [0.25, 0.3) is 0 Å². The minimum atomic E-state index is 0.565. The molecule has 4 bridgehead atoms. The fourth-order valence-corrected chi connectivity index (χ4v) is 6.43. The zero-order chi connectivity index (χ0) is 13.3. The van der Waals surface area contributed by atoms with Crippen molar-refractivity contribution < 1.29 is 0 Å². The average Bonchev–Trinajstić information content (AvgIpc) is 3.07. The lowest BCUT2D eigenvalue weighted by Crippen LogP contribution is -2.46. The van der Waals surface area contributed by atoms with E-state index in [2.05, 4.69) is 26.1 Å². The molecule has 6 atom stereocenters. The molecule has 4 aliphatic carbocycles. The van der Waals surface area contributed by atoms with Crippen molar-refractivity contribution in [3.05, 3.63) is 0 Å². The minimum Gasteiger partial charge on any atom is -0.313 e. The second-order valence-electron chi connectivity index (χ2n) is 9.01. The quantitative estimate of drug-likeness (QED) is 0.802. The first-order chi connectivity index (χ1) is 9.00. The summed E-state index contributed by atoms with van der Waals surface area (Å²) in [6, 6.07) is 0.806. The van der Waals surface area contributed by atoms with E-state index in [1.54, 1.807) is 6.42 Å². The van der Waals surface area contributed by atoms with E-state index in [4.69, 9.17) is 0 Å². The summed E-state index contributed by atoms with van der Waals surface area (Å²) in [5.41, 5.74) is 1.13. The largest absolute Gasteiger partial charge is 0.313 e. The predicted molar refractivity (Wildman–Crippen MR) is 80.0 cm³/mol. The highest BCUT2D eigenvalue weighted by molar-refractivity contribution is 5.13. The second kappa shape index (κ2) is 4.00. The summed E-state index contributed by atoms with van der Waals surface area (Å²) >= 11 is 0. The van der Waals surface area contributed by atoms with Crippen molar-refractivity contribution >= 4 is 0 Å². The van der Waals surface area contributed by atoms with Crippen LogP contribution in [-0.4, -0.2) is 12.6 Å². The highest BCUT2D eigenvalue weighted by Crippen LogP contribution is 2.65. The Kier molecular flexibility index (Phi) is 2.67. The molecule has 0 aromatic carbocycles. The van der Waals surface area contributed by atoms with Gasteiger partial charge in [-0.05, 0) is 79.6 Å². The van der Waals surface area contributed by atoms with E-state index in [1.165, 1.54) is 45.1 Å². The zero-order valence-electron chi connectivity index (χ0n) is 13.0. The molecule has 4 rings (SSSR count). The van der Waals surface area contributed by atoms with Gasteiger partial charge in [0.05, 0.1) is 0 Å². The van der Waals surface area contributed by atoms with Gasteiger partial charge in [-0.15, -0.1) is 0 Å². The van der Waals surface area contributed by atoms with E-state index in [-0.39, 0.29) is 0 Å².